The molecule has 10 rings (SSSR count). The molecule has 0 bridgehead atoms. The number of aromatic carboxylic acids is 2. The van der Waals surface area contributed by atoms with Crippen molar-refractivity contribution in [1.82, 2.24) is 69.5 Å². The molecule has 6 heterocycles. The molecule has 6 aromatic heterocycles. The average Bonchev–Trinajstić information content (AvgIpc) is 4.25. The molecule has 0 atom stereocenters. The molecular weight excluding hydrogens is 1240 g/mol. The van der Waals surface area contributed by atoms with E-state index in [4.69, 9.17) is 23.2 Å². The Morgan fingerprint density at radius 1 is 0.581 bits per heavy atom. The minimum absolute atomic E-state index is 0. The Balaban J connectivity index is 0.000000211. The Bertz CT molecular complexity index is 3400. The summed E-state index contributed by atoms with van der Waals surface area (Å²) in [5.74, 6) is -0.522. The van der Waals surface area contributed by atoms with Crippen molar-refractivity contribution < 1.29 is 57.5 Å². The number of benzene rings is 4. The van der Waals surface area contributed by atoms with Crippen LogP contribution in [0.4, 0.5) is 0 Å². The standard InChI is InChI=1S/2C24H20Br2ClN7O2.2Li/c2*1-2-3-11-17-28-22(27)20(24(35)36)33(17)12-13-7-6-10-16-18(13)19(25)21(26)34(16)15-9-5-4-8-14(15)23-29-31-32-30-23;;/h2*4-10H,2-3,11-12H2,1H3,(H,35,36)(H,29,30,31,32);;/q;;2*+1/p-2. The van der Waals surface area contributed by atoms with Gasteiger partial charge in [0.1, 0.15) is 32.2 Å². The third-order valence-electron chi connectivity index (χ3n) is 12.0. The fourth-order valence-corrected chi connectivity index (χ4v) is 11.7. The van der Waals surface area contributed by atoms with Gasteiger partial charge in [0.05, 0.1) is 56.4 Å². The summed E-state index contributed by atoms with van der Waals surface area (Å²) in [6.07, 6.45) is 4.85. The smallest absolute Gasteiger partial charge is 0.543 e. The third-order valence-corrected chi connectivity index (χ3v) is 16.6. The number of fused-ring (bicyclic) bond motifs is 2. The Morgan fingerprint density at radius 2 is 0.973 bits per heavy atom. The number of rotatable bonds is 16. The van der Waals surface area contributed by atoms with Gasteiger partial charge in [0, 0.05) is 34.7 Å². The van der Waals surface area contributed by atoms with Crippen molar-refractivity contribution in [3.05, 3.63) is 148 Å². The van der Waals surface area contributed by atoms with Crippen LogP contribution >= 0.6 is 86.9 Å². The summed E-state index contributed by atoms with van der Waals surface area (Å²) >= 11 is 27.4. The van der Waals surface area contributed by atoms with Gasteiger partial charge < -0.3 is 38.1 Å². The molecule has 0 aliphatic rings. The molecule has 0 aliphatic carbocycles. The molecular formula is C48H38Br4Cl2Li2N14O4. The Morgan fingerprint density at radius 3 is 1.32 bits per heavy atom. The van der Waals surface area contributed by atoms with Crippen LogP contribution in [0.1, 0.15) is 83.3 Å². The third kappa shape index (κ3) is 11.0. The van der Waals surface area contributed by atoms with Crippen LogP contribution in [-0.2, 0) is 25.9 Å². The first-order valence-electron chi connectivity index (χ1n) is 22.4. The molecule has 10 aromatic rings. The zero-order valence-corrected chi connectivity index (χ0v) is 47.9. The number of hydrogen-bond donors (Lipinski definition) is 2. The number of imidazole rings is 2. The summed E-state index contributed by atoms with van der Waals surface area (Å²) < 4.78 is 10.6. The van der Waals surface area contributed by atoms with Crippen LogP contribution in [0.5, 0.6) is 0 Å². The second kappa shape index (κ2) is 24.9. The van der Waals surface area contributed by atoms with Gasteiger partial charge in [-0.25, -0.2) is 9.97 Å². The summed E-state index contributed by atoms with van der Waals surface area (Å²) in [7, 11) is 0. The van der Waals surface area contributed by atoms with Crippen LogP contribution in [0.2, 0.25) is 10.3 Å². The minimum atomic E-state index is -1.35. The number of aromatic amines is 2. The van der Waals surface area contributed by atoms with Gasteiger partial charge in [-0.2, -0.15) is 10.4 Å². The predicted molar refractivity (Wildman–Crippen MR) is 282 cm³/mol. The SMILES string of the molecule is CCCCc1nc(Cl)c(C(=O)[O-])n1Cc1cccc2c1c(Br)c(Br)n2-c1ccccc1-c1nn[nH]n1.CCCCc1nc(Cl)c(C(=O)[O-])n1Cc1cccc2c1c(Br)c(Br)n2-c1ccccc1-c1nn[nH]n1.[Li+].[Li+]. The number of aromatic nitrogens is 14. The van der Waals surface area contributed by atoms with Gasteiger partial charge >= 0.3 is 37.7 Å². The number of unbranched alkanes of at least 4 members (excludes halogenated alkanes) is 2. The molecule has 0 aliphatic heterocycles. The van der Waals surface area contributed by atoms with E-state index >= 15 is 0 Å². The molecule has 0 saturated heterocycles. The summed E-state index contributed by atoms with van der Waals surface area (Å²) in [6, 6.07) is 27.3. The number of tetrazole rings is 2. The van der Waals surface area contributed by atoms with Crippen LogP contribution in [0, 0.1) is 0 Å². The molecule has 0 radical (unpaired) electrons. The van der Waals surface area contributed by atoms with Crippen LogP contribution in [-0.4, -0.2) is 81.4 Å². The molecule has 18 nitrogen and oxygen atoms in total. The Kier molecular flexibility index (Phi) is 19.1. The Hall–Kier alpha value is -4.85. The van der Waals surface area contributed by atoms with E-state index in [0.29, 0.717) is 36.1 Å². The molecule has 0 spiro atoms. The summed E-state index contributed by atoms with van der Waals surface area (Å²) in [6.45, 7) is 4.67. The molecule has 368 valence electrons. The van der Waals surface area contributed by atoms with Crippen molar-refractivity contribution in [1.29, 1.82) is 0 Å². The predicted octanol–water partition coefficient (Wildman–Crippen LogP) is 3.89. The van der Waals surface area contributed by atoms with Crippen LogP contribution < -0.4 is 47.9 Å². The summed E-state index contributed by atoms with van der Waals surface area (Å²) in [4.78, 5) is 32.6. The molecule has 4 aromatic carbocycles. The van der Waals surface area contributed by atoms with E-state index < -0.39 is 11.9 Å². The first kappa shape index (κ1) is 56.9. The maximum Gasteiger partial charge on any atom is 1.00 e. The van der Waals surface area contributed by atoms with Gasteiger partial charge in [-0.3, -0.25) is 0 Å². The van der Waals surface area contributed by atoms with Crippen LogP contribution in [0.15, 0.2) is 103 Å². The molecule has 0 fully saturated rings. The van der Waals surface area contributed by atoms with Gasteiger partial charge in [-0.05, 0) is 135 Å². The number of carbonyl (C=O) groups excluding carboxylic acids is 2. The Labute approximate surface area is 490 Å². The van der Waals surface area contributed by atoms with Crippen molar-refractivity contribution in [2.24, 2.45) is 0 Å². The quantitative estimate of drug-likeness (QED) is 0.131. The van der Waals surface area contributed by atoms with E-state index in [0.717, 1.165) is 99.3 Å². The van der Waals surface area contributed by atoms with Gasteiger partial charge in [0.25, 0.3) is 0 Å². The number of nitrogens with zero attached hydrogens (tertiary/aromatic N) is 12. The van der Waals surface area contributed by atoms with E-state index in [1.54, 1.807) is 9.13 Å². The van der Waals surface area contributed by atoms with E-state index in [1.807, 2.05) is 94.1 Å². The summed E-state index contributed by atoms with van der Waals surface area (Å²) in [5, 5.41) is 54.6. The number of nitrogens with one attached hydrogen (secondary N) is 2. The minimum Gasteiger partial charge on any atom is -0.543 e. The topological polar surface area (TPSA) is 235 Å². The fourth-order valence-electron chi connectivity index (χ4n) is 8.72. The van der Waals surface area contributed by atoms with Crippen molar-refractivity contribution in [2.45, 2.75) is 65.5 Å². The van der Waals surface area contributed by atoms with Gasteiger partial charge in [-0.15, -0.1) is 20.4 Å². The fraction of sp³-hybridized carbons (Fsp3) is 0.208. The van der Waals surface area contributed by atoms with E-state index in [9.17, 15) is 19.8 Å². The number of carbonyl (C=O) groups is 2. The number of para-hydroxylation sites is 2. The monoisotopic (exact) mass is 1270 g/mol. The molecule has 74 heavy (non-hydrogen) atoms. The zero-order chi connectivity index (χ0) is 50.8. The molecule has 2 N–H and O–H groups in total. The largest absolute Gasteiger partial charge is 1.00 e. The normalized spacial score (nSPS) is 11.1. The number of carboxylic acid groups (broad SMARTS) is 2. The maximum absolute atomic E-state index is 11.9. The number of carboxylic acids is 2. The van der Waals surface area contributed by atoms with Crippen molar-refractivity contribution in [3.63, 3.8) is 0 Å². The van der Waals surface area contributed by atoms with Crippen LogP contribution in [0.25, 0.3) is 56.0 Å². The zero-order valence-electron chi connectivity index (χ0n) is 40.0. The maximum atomic E-state index is 11.9. The summed E-state index contributed by atoms with van der Waals surface area (Å²) in [5.41, 5.74) is 6.65. The molecule has 0 saturated carbocycles. The average molecular weight is 1280 g/mol. The van der Waals surface area contributed by atoms with E-state index in [-0.39, 0.29) is 72.5 Å². The first-order valence-corrected chi connectivity index (χ1v) is 26.3. The number of aryl methyl sites for hydroxylation is 2. The van der Waals surface area contributed by atoms with Crippen molar-refractivity contribution >= 4 is 121 Å². The van der Waals surface area contributed by atoms with Crippen LogP contribution in [0.3, 0.4) is 0 Å². The number of halogens is 6. The van der Waals surface area contributed by atoms with Gasteiger partial charge in [-0.1, -0.05) is 98.4 Å². The van der Waals surface area contributed by atoms with Crippen molar-refractivity contribution in [2.75, 3.05) is 0 Å². The van der Waals surface area contributed by atoms with Gasteiger partial charge in [0.15, 0.2) is 10.3 Å². The van der Waals surface area contributed by atoms with E-state index in [2.05, 4.69) is 129 Å². The first-order chi connectivity index (χ1) is 34.8. The van der Waals surface area contributed by atoms with Gasteiger partial charge in [0.2, 0.25) is 11.6 Å². The second-order valence-corrected chi connectivity index (χ2v) is 20.1. The van der Waals surface area contributed by atoms with Crippen molar-refractivity contribution in [3.8, 4) is 34.2 Å². The molecule has 0 unspecified atom stereocenters. The van der Waals surface area contributed by atoms with E-state index in [1.165, 1.54) is 0 Å². The molecule has 26 heteroatoms. The molecule has 0 amide bonds. The number of H-pyrrole nitrogens is 2. The second-order valence-electron chi connectivity index (χ2n) is 16.3. The number of hydrogen-bond acceptors (Lipinski definition) is 12.